The van der Waals surface area contributed by atoms with Crippen LogP contribution < -0.4 is 15.5 Å². The molecule has 2 heterocycles. The fraction of sp³-hybridized carbons (Fsp3) is 0.364. The Bertz CT molecular complexity index is 1080. The molecule has 0 bridgehead atoms. The first-order chi connectivity index (χ1) is 15.8. The van der Waals surface area contributed by atoms with Crippen LogP contribution in [-0.4, -0.2) is 60.0 Å². The van der Waals surface area contributed by atoms with Gasteiger partial charge < -0.3 is 20.4 Å². The summed E-state index contributed by atoms with van der Waals surface area (Å²) in [7, 11) is 0. The first-order valence-electron chi connectivity index (χ1n) is 10.6. The molecule has 12 heteroatoms. The number of rotatable bonds is 6. The van der Waals surface area contributed by atoms with E-state index in [1.165, 1.54) is 12.1 Å². The second-order valence-electron chi connectivity index (χ2n) is 8.12. The van der Waals surface area contributed by atoms with Gasteiger partial charge in [-0.05, 0) is 49.2 Å². The number of carbonyl (C=O) groups is 2. The molecule has 2 amide bonds. The number of nitro benzene ring substituents is 1. The molecule has 34 heavy (non-hydrogen) atoms. The molecule has 0 radical (unpaired) electrons. The number of nitrogens with one attached hydrogen (secondary N) is 2. The number of hydrogen-bond acceptors (Lipinski definition) is 6. The lowest BCUT2D eigenvalue weighted by Crippen LogP contribution is -2.57. The van der Waals surface area contributed by atoms with Crippen LogP contribution >= 0.6 is 12.4 Å². The Morgan fingerprint density at radius 3 is 2.41 bits per heavy atom. The summed E-state index contributed by atoms with van der Waals surface area (Å²) >= 11 is 0. The van der Waals surface area contributed by atoms with Crippen molar-refractivity contribution in [3.63, 3.8) is 0 Å². The highest BCUT2D eigenvalue weighted by atomic mass is 35.5. The molecule has 4 rings (SSSR count). The Morgan fingerprint density at radius 2 is 1.76 bits per heavy atom. The average Bonchev–Trinajstić information content (AvgIpc) is 3.11. The van der Waals surface area contributed by atoms with E-state index in [1.807, 2.05) is 4.90 Å². The van der Waals surface area contributed by atoms with Gasteiger partial charge in [0.15, 0.2) is 0 Å². The van der Waals surface area contributed by atoms with Gasteiger partial charge in [-0.1, -0.05) is 0 Å². The van der Waals surface area contributed by atoms with Crippen molar-refractivity contribution < 1.29 is 23.3 Å². The van der Waals surface area contributed by atoms with Crippen molar-refractivity contribution in [3.05, 3.63) is 69.8 Å². The molecular weight excluding hydrogens is 472 g/mol. The van der Waals surface area contributed by atoms with Crippen LogP contribution in [0.15, 0.2) is 42.5 Å². The third kappa shape index (κ3) is 4.95. The molecule has 0 unspecified atom stereocenters. The minimum Gasteiger partial charge on any atom is -0.351 e. The van der Waals surface area contributed by atoms with Crippen molar-refractivity contribution in [2.45, 2.75) is 18.4 Å². The zero-order valence-electron chi connectivity index (χ0n) is 18.1. The predicted octanol–water partition coefficient (Wildman–Crippen LogP) is 2.45. The quantitative estimate of drug-likeness (QED) is 0.471. The third-order valence-corrected chi connectivity index (χ3v) is 6.27. The zero-order chi connectivity index (χ0) is 23.6. The molecule has 2 N–H and O–H groups in total. The van der Waals surface area contributed by atoms with Crippen LogP contribution in [0.5, 0.6) is 0 Å². The highest BCUT2D eigenvalue weighted by Crippen LogP contribution is 2.36. The van der Waals surface area contributed by atoms with Crippen LogP contribution in [-0.2, 0) is 4.79 Å². The molecule has 9 nitrogen and oxygen atoms in total. The predicted molar refractivity (Wildman–Crippen MR) is 123 cm³/mol. The number of amides is 2. The summed E-state index contributed by atoms with van der Waals surface area (Å²) in [5.74, 6) is -1.82. The van der Waals surface area contributed by atoms with Crippen LogP contribution in [0.1, 0.15) is 23.2 Å². The lowest BCUT2D eigenvalue weighted by Gasteiger charge is -2.43. The molecule has 2 fully saturated rings. The Labute approximate surface area is 200 Å². The van der Waals surface area contributed by atoms with Crippen LogP contribution in [0.25, 0.3) is 0 Å². The van der Waals surface area contributed by atoms with Crippen LogP contribution in [0.2, 0.25) is 0 Å². The lowest BCUT2D eigenvalue weighted by molar-refractivity contribution is -0.385. The molecule has 0 saturated carbocycles. The number of likely N-dealkylation sites (tertiary alicyclic amines) is 1. The molecule has 2 aromatic carbocycles. The van der Waals surface area contributed by atoms with E-state index < -0.39 is 27.9 Å². The Balaban J connectivity index is 0.00000324. The Morgan fingerprint density at radius 1 is 1.12 bits per heavy atom. The molecule has 2 aliphatic rings. The minimum atomic E-state index is -0.790. The van der Waals surface area contributed by atoms with Crippen molar-refractivity contribution in [2.75, 3.05) is 37.7 Å². The van der Waals surface area contributed by atoms with Gasteiger partial charge in [0.1, 0.15) is 22.7 Å². The van der Waals surface area contributed by atoms with Crippen molar-refractivity contribution in [3.8, 4) is 0 Å². The normalized spacial score (nSPS) is 17.2. The summed E-state index contributed by atoms with van der Waals surface area (Å²) in [6, 6.07) is 8.88. The first-order valence-corrected chi connectivity index (χ1v) is 10.6. The summed E-state index contributed by atoms with van der Waals surface area (Å²) in [6.45, 7) is 2.32. The molecule has 0 aliphatic carbocycles. The van der Waals surface area contributed by atoms with Gasteiger partial charge in [0.05, 0.1) is 17.7 Å². The number of nitro groups is 1. The average molecular weight is 496 g/mol. The molecule has 2 saturated heterocycles. The van der Waals surface area contributed by atoms with Crippen molar-refractivity contribution in [1.82, 2.24) is 15.5 Å². The number of nitrogens with zero attached hydrogens (tertiary/aromatic N) is 3. The van der Waals surface area contributed by atoms with E-state index in [2.05, 4.69) is 15.5 Å². The summed E-state index contributed by atoms with van der Waals surface area (Å²) in [4.78, 5) is 39.4. The SMILES string of the molecule is Cl.O=C(NCCN1CCC2(CC1)C(=O)NCN2c1ccc(F)cc1)c1ccc(F)cc1[N+](=O)[O-]. The van der Waals surface area contributed by atoms with Gasteiger partial charge in [-0.15, -0.1) is 12.4 Å². The number of carbonyl (C=O) groups excluding carboxylic acids is 2. The number of anilines is 1. The molecule has 1 spiro atoms. The first kappa shape index (κ1) is 25.3. The maximum absolute atomic E-state index is 13.3. The maximum Gasteiger partial charge on any atom is 0.285 e. The van der Waals surface area contributed by atoms with E-state index in [9.17, 15) is 28.5 Å². The van der Waals surface area contributed by atoms with Crippen molar-refractivity contribution in [1.29, 1.82) is 0 Å². The lowest BCUT2D eigenvalue weighted by atomic mass is 9.85. The minimum absolute atomic E-state index is 0. The molecule has 2 aromatic rings. The third-order valence-electron chi connectivity index (χ3n) is 6.27. The summed E-state index contributed by atoms with van der Waals surface area (Å²) in [5, 5.41) is 16.6. The van der Waals surface area contributed by atoms with Gasteiger partial charge in [0.2, 0.25) is 5.91 Å². The van der Waals surface area contributed by atoms with Gasteiger partial charge >= 0.3 is 0 Å². The van der Waals surface area contributed by atoms with E-state index in [0.717, 1.165) is 23.9 Å². The fourth-order valence-corrected chi connectivity index (χ4v) is 4.46. The number of hydrogen-bond donors (Lipinski definition) is 2. The van der Waals surface area contributed by atoms with Crippen molar-refractivity contribution >= 4 is 35.6 Å². The maximum atomic E-state index is 13.3. The molecule has 0 atom stereocenters. The van der Waals surface area contributed by atoms with Gasteiger partial charge in [0, 0.05) is 31.9 Å². The molecule has 0 aromatic heterocycles. The van der Waals surface area contributed by atoms with Crippen LogP contribution in [0, 0.1) is 21.7 Å². The summed E-state index contributed by atoms with van der Waals surface area (Å²) < 4.78 is 26.6. The monoisotopic (exact) mass is 495 g/mol. The summed E-state index contributed by atoms with van der Waals surface area (Å²) in [5.41, 5.74) is -0.708. The largest absolute Gasteiger partial charge is 0.351 e. The smallest absolute Gasteiger partial charge is 0.285 e. The summed E-state index contributed by atoms with van der Waals surface area (Å²) in [6.07, 6.45) is 1.13. The Hall–Kier alpha value is -3.31. The number of benzene rings is 2. The number of halogens is 3. The highest BCUT2D eigenvalue weighted by Gasteiger charge is 2.50. The second-order valence-corrected chi connectivity index (χ2v) is 8.12. The van der Waals surface area contributed by atoms with E-state index >= 15 is 0 Å². The zero-order valence-corrected chi connectivity index (χ0v) is 18.9. The van der Waals surface area contributed by atoms with E-state index in [-0.39, 0.29) is 36.2 Å². The fourth-order valence-electron chi connectivity index (χ4n) is 4.46. The number of piperidine rings is 1. The topological polar surface area (TPSA) is 108 Å². The standard InChI is InChI=1S/C22H23F2N5O4.ClH/c23-15-1-4-17(5-2-15)28-14-26-21(31)22(28)7-10-27(11-8-22)12-9-25-20(30)18-6-3-16(24)13-19(18)29(32)33;/h1-6,13H,7-12,14H2,(H,25,30)(H,26,31);1H. The molecular formula is C22H24ClF2N5O4. The van der Waals surface area contributed by atoms with Crippen LogP contribution in [0.4, 0.5) is 20.2 Å². The molecule has 2 aliphatic heterocycles. The van der Waals surface area contributed by atoms with Crippen LogP contribution in [0.3, 0.4) is 0 Å². The van der Waals surface area contributed by atoms with Gasteiger partial charge in [-0.2, -0.15) is 0 Å². The van der Waals surface area contributed by atoms with E-state index in [1.54, 1.807) is 12.1 Å². The van der Waals surface area contributed by atoms with Gasteiger partial charge in [-0.3, -0.25) is 19.7 Å². The highest BCUT2D eigenvalue weighted by molar-refractivity contribution is 5.98. The second kappa shape index (κ2) is 10.3. The van der Waals surface area contributed by atoms with E-state index in [0.29, 0.717) is 39.1 Å². The van der Waals surface area contributed by atoms with Gasteiger partial charge in [-0.25, -0.2) is 8.78 Å². The van der Waals surface area contributed by atoms with Crippen molar-refractivity contribution in [2.24, 2.45) is 0 Å². The Kier molecular flexibility index (Phi) is 7.68. The van der Waals surface area contributed by atoms with Gasteiger partial charge in [0.25, 0.3) is 11.6 Å². The van der Waals surface area contributed by atoms with E-state index in [4.69, 9.17) is 0 Å². The molecule has 182 valence electrons.